The molecule has 0 saturated carbocycles. The Labute approximate surface area is 142 Å². The van der Waals surface area contributed by atoms with E-state index in [1.54, 1.807) is 0 Å². The summed E-state index contributed by atoms with van der Waals surface area (Å²) in [5.74, 6) is 1.28. The van der Waals surface area contributed by atoms with E-state index in [1.807, 2.05) is 19.0 Å². The fourth-order valence-electron chi connectivity index (χ4n) is 3.66. The highest BCUT2D eigenvalue weighted by molar-refractivity contribution is 5.64. The number of nitrogens with zero attached hydrogens (tertiary/aromatic N) is 2. The molecule has 1 aliphatic carbocycles. The lowest BCUT2D eigenvalue weighted by Crippen LogP contribution is -2.16. The van der Waals surface area contributed by atoms with Crippen LogP contribution in [0.1, 0.15) is 35.6 Å². The van der Waals surface area contributed by atoms with Crippen molar-refractivity contribution in [2.24, 2.45) is 0 Å². The molecule has 3 aromatic rings. The molecule has 1 aromatic heterocycles. The Kier molecular flexibility index (Phi) is 3.85. The lowest BCUT2D eigenvalue weighted by atomic mass is 9.81. The normalized spacial score (nSPS) is 16.7. The molecule has 0 fully saturated rings. The Hall–Kier alpha value is -2.55. The first-order valence-corrected chi connectivity index (χ1v) is 8.55. The second kappa shape index (κ2) is 6.16. The summed E-state index contributed by atoms with van der Waals surface area (Å²) < 4.78 is 5.60. The molecule has 0 bridgehead atoms. The summed E-state index contributed by atoms with van der Waals surface area (Å²) in [6, 6.07) is 19.5. The Morgan fingerprint density at radius 1 is 0.958 bits per heavy atom. The molecule has 0 spiro atoms. The molecule has 0 saturated heterocycles. The minimum atomic E-state index is 0.377. The summed E-state index contributed by atoms with van der Waals surface area (Å²) >= 11 is 0. The van der Waals surface area contributed by atoms with E-state index in [0.29, 0.717) is 5.92 Å². The second-order valence-electron chi connectivity index (χ2n) is 6.68. The van der Waals surface area contributed by atoms with Crippen LogP contribution in [0, 0.1) is 0 Å². The van der Waals surface area contributed by atoms with E-state index in [9.17, 15) is 0 Å². The zero-order valence-electron chi connectivity index (χ0n) is 14.2. The van der Waals surface area contributed by atoms with Crippen molar-refractivity contribution in [3.63, 3.8) is 0 Å². The minimum Gasteiger partial charge on any atom is -0.346 e. The van der Waals surface area contributed by atoms with Gasteiger partial charge in [0.2, 0.25) is 5.88 Å². The molecule has 0 amide bonds. The van der Waals surface area contributed by atoms with Gasteiger partial charge in [-0.2, -0.15) is 0 Å². The molecule has 1 unspecified atom stereocenters. The van der Waals surface area contributed by atoms with Crippen LogP contribution in [0.5, 0.6) is 0 Å². The number of rotatable bonds is 3. The van der Waals surface area contributed by atoms with Crippen molar-refractivity contribution in [3.05, 3.63) is 71.4 Å². The summed E-state index contributed by atoms with van der Waals surface area (Å²) in [6.07, 6.45) is 3.34. The highest BCUT2D eigenvalue weighted by Crippen LogP contribution is 2.41. The number of anilines is 1. The number of aromatic nitrogens is 1. The van der Waals surface area contributed by atoms with Crippen LogP contribution in [0.3, 0.4) is 0 Å². The van der Waals surface area contributed by atoms with Crippen LogP contribution < -0.4 is 4.90 Å². The van der Waals surface area contributed by atoms with Gasteiger partial charge >= 0.3 is 0 Å². The number of hydrogen-bond acceptors (Lipinski definition) is 3. The molecular weight excluding hydrogens is 296 g/mol. The zero-order chi connectivity index (χ0) is 16.5. The van der Waals surface area contributed by atoms with Crippen molar-refractivity contribution in [1.29, 1.82) is 0 Å². The van der Waals surface area contributed by atoms with Crippen LogP contribution in [0.25, 0.3) is 11.1 Å². The van der Waals surface area contributed by atoms with Crippen molar-refractivity contribution < 1.29 is 4.52 Å². The molecule has 4 rings (SSSR count). The van der Waals surface area contributed by atoms with Gasteiger partial charge in [-0.05, 0) is 36.0 Å². The fourth-order valence-corrected chi connectivity index (χ4v) is 3.66. The van der Waals surface area contributed by atoms with Gasteiger partial charge < -0.3 is 9.42 Å². The molecule has 122 valence electrons. The molecular formula is C21H22N2O. The molecule has 3 heteroatoms. The minimum absolute atomic E-state index is 0.377. The van der Waals surface area contributed by atoms with Crippen molar-refractivity contribution in [2.45, 2.75) is 25.2 Å². The van der Waals surface area contributed by atoms with E-state index in [4.69, 9.17) is 4.52 Å². The Morgan fingerprint density at radius 2 is 1.67 bits per heavy atom. The van der Waals surface area contributed by atoms with E-state index >= 15 is 0 Å². The third-order valence-corrected chi connectivity index (χ3v) is 4.86. The SMILES string of the molecule is CN(C)c1onc2c1C(c1ccc(-c3ccccc3)cc1)CCC2. The summed E-state index contributed by atoms with van der Waals surface area (Å²) in [7, 11) is 4.04. The lowest BCUT2D eigenvalue weighted by Gasteiger charge is -2.24. The fraction of sp³-hybridized carbons (Fsp3) is 0.286. The molecule has 24 heavy (non-hydrogen) atoms. The Morgan fingerprint density at radius 3 is 2.38 bits per heavy atom. The third kappa shape index (κ3) is 2.60. The van der Waals surface area contributed by atoms with E-state index < -0.39 is 0 Å². The lowest BCUT2D eigenvalue weighted by molar-refractivity contribution is 0.415. The van der Waals surface area contributed by atoms with E-state index in [0.717, 1.165) is 30.8 Å². The first-order chi connectivity index (χ1) is 11.7. The van der Waals surface area contributed by atoms with Gasteiger partial charge in [0.25, 0.3) is 0 Å². The molecule has 0 radical (unpaired) electrons. The smallest absolute Gasteiger partial charge is 0.230 e. The van der Waals surface area contributed by atoms with Gasteiger partial charge in [0.15, 0.2) is 0 Å². The van der Waals surface area contributed by atoms with Gasteiger partial charge in [-0.25, -0.2) is 0 Å². The van der Waals surface area contributed by atoms with Crippen molar-refractivity contribution in [1.82, 2.24) is 5.16 Å². The molecule has 0 N–H and O–H groups in total. The molecule has 0 aliphatic heterocycles. The standard InChI is InChI=1S/C21H22N2O/c1-23(2)21-20-18(9-6-10-19(20)22-24-21)17-13-11-16(12-14-17)15-7-4-3-5-8-15/h3-5,7-8,11-14,18H,6,9-10H2,1-2H3. The van der Waals surface area contributed by atoms with Gasteiger partial charge in [-0.15, -0.1) is 0 Å². The highest BCUT2D eigenvalue weighted by Gasteiger charge is 2.30. The predicted molar refractivity (Wildman–Crippen MR) is 97.5 cm³/mol. The van der Waals surface area contributed by atoms with E-state index in [2.05, 4.69) is 59.8 Å². The molecule has 3 nitrogen and oxygen atoms in total. The topological polar surface area (TPSA) is 29.3 Å². The quantitative estimate of drug-likeness (QED) is 0.689. The first kappa shape index (κ1) is 15.0. The highest BCUT2D eigenvalue weighted by atomic mass is 16.5. The van der Waals surface area contributed by atoms with Crippen LogP contribution in [0.4, 0.5) is 5.88 Å². The van der Waals surface area contributed by atoms with Crippen LogP contribution >= 0.6 is 0 Å². The summed E-state index contributed by atoms with van der Waals surface area (Å²) in [5, 5.41) is 4.30. The monoisotopic (exact) mass is 318 g/mol. The summed E-state index contributed by atoms with van der Waals surface area (Å²) in [5.41, 5.74) is 6.27. The summed E-state index contributed by atoms with van der Waals surface area (Å²) in [4.78, 5) is 2.03. The number of hydrogen-bond donors (Lipinski definition) is 0. The largest absolute Gasteiger partial charge is 0.346 e. The average molecular weight is 318 g/mol. The first-order valence-electron chi connectivity index (χ1n) is 8.55. The van der Waals surface area contributed by atoms with Crippen LogP contribution in [-0.4, -0.2) is 19.3 Å². The van der Waals surface area contributed by atoms with E-state index in [1.165, 1.54) is 22.3 Å². The van der Waals surface area contributed by atoms with Crippen LogP contribution in [0.2, 0.25) is 0 Å². The number of aryl methyl sites for hydroxylation is 1. The molecule has 2 aromatic carbocycles. The van der Waals surface area contributed by atoms with Gasteiger partial charge in [0.05, 0.1) is 5.69 Å². The maximum atomic E-state index is 5.60. The van der Waals surface area contributed by atoms with Gasteiger partial charge in [-0.1, -0.05) is 59.8 Å². The Bertz CT molecular complexity index is 819. The van der Waals surface area contributed by atoms with Crippen molar-refractivity contribution in [2.75, 3.05) is 19.0 Å². The summed E-state index contributed by atoms with van der Waals surface area (Å²) in [6.45, 7) is 0. The second-order valence-corrected chi connectivity index (χ2v) is 6.68. The van der Waals surface area contributed by atoms with Gasteiger partial charge in [-0.3, -0.25) is 0 Å². The van der Waals surface area contributed by atoms with Crippen LogP contribution in [-0.2, 0) is 6.42 Å². The maximum absolute atomic E-state index is 5.60. The van der Waals surface area contributed by atoms with Crippen molar-refractivity contribution in [3.8, 4) is 11.1 Å². The van der Waals surface area contributed by atoms with Gasteiger partial charge in [0, 0.05) is 25.6 Å². The van der Waals surface area contributed by atoms with Crippen molar-refractivity contribution >= 4 is 5.88 Å². The molecule has 1 aliphatic rings. The average Bonchev–Trinajstić information content (AvgIpc) is 3.07. The molecule has 1 heterocycles. The zero-order valence-corrected chi connectivity index (χ0v) is 14.2. The van der Waals surface area contributed by atoms with Crippen LogP contribution in [0.15, 0.2) is 59.1 Å². The maximum Gasteiger partial charge on any atom is 0.230 e. The van der Waals surface area contributed by atoms with Gasteiger partial charge in [0.1, 0.15) is 0 Å². The Balaban J connectivity index is 1.70. The molecule has 1 atom stereocenters. The predicted octanol–water partition coefficient (Wildman–Crippen LogP) is 4.88. The number of fused-ring (bicyclic) bond motifs is 1. The van der Waals surface area contributed by atoms with E-state index in [-0.39, 0.29) is 0 Å². The number of benzene rings is 2. The third-order valence-electron chi connectivity index (χ3n) is 4.86.